The molecule has 10 aromatic carbocycles. The number of fused-ring (bicyclic) bond motifs is 4. The van der Waals surface area contributed by atoms with E-state index in [2.05, 4.69) is 206 Å². The summed E-state index contributed by atoms with van der Waals surface area (Å²) >= 11 is 0. The predicted molar refractivity (Wildman–Crippen MR) is 249 cm³/mol. The number of rotatable bonds is 6. The van der Waals surface area contributed by atoms with E-state index in [1.807, 2.05) is 0 Å². The molecular formula is C58H44. The molecule has 0 amide bonds. The molecule has 0 spiro atoms. The quantitative estimate of drug-likeness (QED) is 0.159. The minimum atomic E-state index is 0.00981. The zero-order chi connectivity index (χ0) is 38.5. The van der Waals surface area contributed by atoms with Crippen molar-refractivity contribution in [2.75, 3.05) is 0 Å². The lowest BCUT2D eigenvalue weighted by atomic mass is 9.65. The first-order chi connectivity index (χ1) is 28.7. The molecule has 0 aliphatic heterocycles. The van der Waals surface area contributed by atoms with Gasteiger partial charge in [-0.2, -0.15) is 0 Å². The van der Waals surface area contributed by atoms with E-state index in [-0.39, 0.29) is 5.41 Å². The molecule has 276 valence electrons. The van der Waals surface area contributed by atoms with Gasteiger partial charge in [0.05, 0.1) is 0 Å². The standard InChI is InChI=1S/C58H44/c1-10-38-58(39-11-1,44-30-26-42(27-31-44)48-34-36-56(54-22-8-6-20-50(48)54)52-24-12-16-40-14-2-4-18-46(40)52)45-32-28-43(29-33-45)49-35-37-57(55-23-9-7-21-51(49)55)53-25-13-17-41-15-3-5-19-47(41)53/h2-9,12-37H,1,10-11,38-39H2. The van der Waals surface area contributed by atoms with E-state index in [4.69, 9.17) is 0 Å². The van der Waals surface area contributed by atoms with Crippen molar-refractivity contribution in [1.82, 2.24) is 0 Å². The maximum absolute atomic E-state index is 2.43. The summed E-state index contributed by atoms with van der Waals surface area (Å²) in [5.41, 5.74) is 13.1. The summed E-state index contributed by atoms with van der Waals surface area (Å²) in [6.45, 7) is 0. The van der Waals surface area contributed by atoms with Crippen LogP contribution in [0.3, 0.4) is 0 Å². The highest BCUT2D eigenvalue weighted by Crippen LogP contribution is 2.47. The molecule has 0 nitrogen and oxygen atoms in total. The molecule has 11 rings (SSSR count). The Labute approximate surface area is 341 Å². The maximum atomic E-state index is 2.43. The second-order valence-electron chi connectivity index (χ2n) is 16.3. The summed E-state index contributed by atoms with van der Waals surface area (Å²) in [4.78, 5) is 0. The highest BCUT2D eigenvalue weighted by Gasteiger charge is 2.35. The summed E-state index contributed by atoms with van der Waals surface area (Å²) in [6.07, 6.45) is 6.17. The van der Waals surface area contributed by atoms with Crippen LogP contribution in [0.25, 0.3) is 87.6 Å². The monoisotopic (exact) mass is 740 g/mol. The van der Waals surface area contributed by atoms with Gasteiger partial charge in [-0.05, 0) is 112 Å². The Hall–Kier alpha value is -6.76. The Morgan fingerprint density at radius 1 is 0.241 bits per heavy atom. The van der Waals surface area contributed by atoms with E-state index in [9.17, 15) is 0 Å². The van der Waals surface area contributed by atoms with Crippen LogP contribution in [0.15, 0.2) is 206 Å². The van der Waals surface area contributed by atoms with Gasteiger partial charge in [0.15, 0.2) is 0 Å². The van der Waals surface area contributed by atoms with Gasteiger partial charge in [0.2, 0.25) is 0 Å². The van der Waals surface area contributed by atoms with Crippen LogP contribution >= 0.6 is 0 Å². The molecule has 10 aromatic rings. The third kappa shape index (κ3) is 5.74. The van der Waals surface area contributed by atoms with Crippen molar-refractivity contribution in [3.05, 3.63) is 217 Å². The third-order valence-corrected chi connectivity index (χ3v) is 13.2. The SMILES string of the molecule is c1ccc2c(-c3ccc(-c4ccc(C5(c6ccc(-c7ccc(-c8cccc9ccccc89)c8ccccc78)cc6)CCCCC5)cc4)c4ccccc34)cccc2c1. The summed E-state index contributed by atoms with van der Waals surface area (Å²) in [6, 6.07) is 77.2. The Morgan fingerprint density at radius 2 is 0.569 bits per heavy atom. The van der Waals surface area contributed by atoms with Crippen LogP contribution in [-0.2, 0) is 5.41 Å². The Bertz CT molecular complexity index is 2900. The molecule has 0 radical (unpaired) electrons. The van der Waals surface area contributed by atoms with Gasteiger partial charge < -0.3 is 0 Å². The highest BCUT2D eigenvalue weighted by atomic mass is 14.4. The summed E-state index contributed by atoms with van der Waals surface area (Å²) in [5.74, 6) is 0. The molecule has 0 atom stereocenters. The van der Waals surface area contributed by atoms with Crippen molar-refractivity contribution in [1.29, 1.82) is 0 Å². The van der Waals surface area contributed by atoms with Crippen molar-refractivity contribution < 1.29 is 0 Å². The Kier molecular flexibility index (Phi) is 8.51. The minimum absolute atomic E-state index is 0.00981. The van der Waals surface area contributed by atoms with Crippen molar-refractivity contribution in [2.45, 2.75) is 37.5 Å². The van der Waals surface area contributed by atoms with Crippen LogP contribution < -0.4 is 0 Å². The molecule has 1 fully saturated rings. The van der Waals surface area contributed by atoms with E-state index in [0.717, 1.165) is 0 Å². The van der Waals surface area contributed by atoms with Crippen molar-refractivity contribution in [2.24, 2.45) is 0 Å². The number of benzene rings is 10. The molecule has 1 aliphatic carbocycles. The molecule has 58 heavy (non-hydrogen) atoms. The average Bonchev–Trinajstić information content (AvgIpc) is 3.31. The van der Waals surface area contributed by atoms with Crippen LogP contribution in [0.4, 0.5) is 0 Å². The van der Waals surface area contributed by atoms with E-state index in [1.54, 1.807) is 0 Å². The number of hydrogen-bond donors (Lipinski definition) is 0. The molecule has 0 N–H and O–H groups in total. The van der Waals surface area contributed by atoms with E-state index >= 15 is 0 Å². The zero-order valence-electron chi connectivity index (χ0n) is 32.7. The largest absolute Gasteiger partial charge is 0.0616 e. The van der Waals surface area contributed by atoms with E-state index in [1.165, 1.54) is 131 Å². The van der Waals surface area contributed by atoms with Gasteiger partial charge in [-0.3, -0.25) is 0 Å². The molecule has 0 saturated heterocycles. The smallest absolute Gasteiger partial charge is 0.0202 e. The zero-order valence-corrected chi connectivity index (χ0v) is 32.7. The van der Waals surface area contributed by atoms with Gasteiger partial charge >= 0.3 is 0 Å². The van der Waals surface area contributed by atoms with Crippen LogP contribution in [0.2, 0.25) is 0 Å². The summed E-state index contributed by atoms with van der Waals surface area (Å²) in [5, 5.41) is 10.3. The fourth-order valence-corrected chi connectivity index (χ4v) is 10.3. The van der Waals surface area contributed by atoms with Crippen molar-refractivity contribution >= 4 is 43.1 Å². The van der Waals surface area contributed by atoms with Crippen LogP contribution in [0.1, 0.15) is 43.2 Å². The lowest BCUT2D eigenvalue weighted by Crippen LogP contribution is -2.30. The lowest BCUT2D eigenvalue weighted by molar-refractivity contribution is 0.346. The van der Waals surface area contributed by atoms with E-state index in [0.29, 0.717) is 0 Å². The molecule has 1 aliphatic rings. The molecule has 0 aromatic heterocycles. The second-order valence-corrected chi connectivity index (χ2v) is 16.3. The van der Waals surface area contributed by atoms with Crippen molar-refractivity contribution in [3.8, 4) is 44.5 Å². The third-order valence-electron chi connectivity index (χ3n) is 13.2. The summed E-state index contributed by atoms with van der Waals surface area (Å²) < 4.78 is 0. The fraction of sp³-hybridized carbons (Fsp3) is 0.103. The summed E-state index contributed by atoms with van der Waals surface area (Å²) in [7, 11) is 0. The van der Waals surface area contributed by atoms with Gasteiger partial charge in [-0.1, -0.05) is 226 Å². The van der Waals surface area contributed by atoms with Crippen LogP contribution in [-0.4, -0.2) is 0 Å². The normalized spacial score (nSPS) is 14.0. The molecular weight excluding hydrogens is 697 g/mol. The van der Waals surface area contributed by atoms with Crippen LogP contribution in [0, 0.1) is 0 Å². The topological polar surface area (TPSA) is 0 Å². The van der Waals surface area contributed by atoms with Gasteiger partial charge in [0, 0.05) is 5.41 Å². The first-order valence-corrected chi connectivity index (χ1v) is 21.0. The predicted octanol–water partition coefficient (Wildman–Crippen LogP) is 16.2. The van der Waals surface area contributed by atoms with Crippen molar-refractivity contribution in [3.63, 3.8) is 0 Å². The highest BCUT2D eigenvalue weighted by molar-refractivity contribution is 6.11. The van der Waals surface area contributed by atoms with Crippen LogP contribution in [0.5, 0.6) is 0 Å². The Morgan fingerprint density at radius 3 is 1.00 bits per heavy atom. The molecule has 1 saturated carbocycles. The van der Waals surface area contributed by atoms with E-state index < -0.39 is 0 Å². The Balaban J connectivity index is 0.946. The number of hydrogen-bond acceptors (Lipinski definition) is 0. The minimum Gasteiger partial charge on any atom is -0.0616 e. The molecule has 0 bridgehead atoms. The molecule has 0 heteroatoms. The molecule has 0 heterocycles. The maximum Gasteiger partial charge on any atom is 0.0202 e. The second kappa shape index (κ2) is 14.3. The first kappa shape index (κ1) is 34.5. The molecule has 0 unspecified atom stereocenters. The van der Waals surface area contributed by atoms with Gasteiger partial charge in [0.1, 0.15) is 0 Å². The fourth-order valence-electron chi connectivity index (χ4n) is 10.3. The van der Waals surface area contributed by atoms with Gasteiger partial charge in [-0.25, -0.2) is 0 Å². The lowest BCUT2D eigenvalue weighted by Gasteiger charge is -2.39. The van der Waals surface area contributed by atoms with Gasteiger partial charge in [0.25, 0.3) is 0 Å². The first-order valence-electron chi connectivity index (χ1n) is 21.0. The average molecular weight is 741 g/mol. The van der Waals surface area contributed by atoms with Gasteiger partial charge in [-0.15, -0.1) is 0 Å².